The predicted octanol–water partition coefficient (Wildman–Crippen LogP) is 4.48. The van der Waals surface area contributed by atoms with Gasteiger partial charge in [0, 0.05) is 45.0 Å². The summed E-state index contributed by atoms with van der Waals surface area (Å²) in [4.78, 5) is 21.6. The van der Waals surface area contributed by atoms with Gasteiger partial charge in [-0.15, -0.1) is 11.3 Å². The van der Waals surface area contributed by atoms with Gasteiger partial charge in [0.1, 0.15) is 11.6 Å². The largest absolute Gasteiger partial charge is 0.494 e. The number of likely N-dealkylation sites (N-methyl/N-ethyl adjacent to an activating group) is 2. The molecule has 0 aliphatic rings. The van der Waals surface area contributed by atoms with Crippen molar-refractivity contribution in [1.82, 2.24) is 9.88 Å². The molecule has 9 nitrogen and oxygen atoms in total. The molecule has 1 amide bonds. The van der Waals surface area contributed by atoms with E-state index in [2.05, 4.69) is 37.3 Å². The van der Waals surface area contributed by atoms with Gasteiger partial charge in [0.25, 0.3) is 0 Å². The SMILES string of the molecule is C=CC(=O)Nc1cc(Nc2cc(C(=N)c3sccc3NC)ccn2)c(OC)cc1N(C)CCN(C)C. The van der Waals surface area contributed by atoms with Crippen LogP contribution in [0.4, 0.5) is 28.6 Å². The number of benzene rings is 1. The zero-order chi connectivity index (χ0) is 26.2. The van der Waals surface area contributed by atoms with Crippen molar-refractivity contribution in [2.75, 3.05) is 69.2 Å². The molecule has 0 radical (unpaired) electrons. The molecule has 0 saturated heterocycles. The van der Waals surface area contributed by atoms with E-state index in [9.17, 15) is 4.79 Å². The lowest BCUT2D eigenvalue weighted by molar-refractivity contribution is -0.111. The number of pyridine rings is 1. The first-order chi connectivity index (χ1) is 17.3. The van der Waals surface area contributed by atoms with Gasteiger partial charge in [-0.2, -0.15) is 0 Å². The summed E-state index contributed by atoms with van der Waals surface area (Å²) in [6, 6.07) is 9.28. The lowest BCUT2D eigenvalue weighted by Gasteiger charge is -2.26. The Balaban J connectivity index is 1.96. The van der Waals surface area contributed by atoms with E-state index < -0.39 is 0 Å². The Bertz CT molecular complexity index is 1240. The second kappa shape index (κ2) is 12.2. The Kier molecular flexibility index (Phi) is 9.04. The third-order valence-electron chi connectivity index (χ3n) is 5.53. The van der Waals surface area contributed by atoms with Crippen LogP contribution in [0.3, 0.4) is 0 Å². The number of rotatable bonds is 12. The number of nitrogens with zero attached hydrogens (tertiary/aromatic N) is 3. The average Bonchev–Trinajstić information content (AvgIpc) is 3.36. The normalized spacial score (nSPS) is 10.6. The third kappa shape index (κ3) is 6.41. The number of aromatic nitrogens is 1. The second-order valence-electron chi connectivity index (χ2n) is 8.33. The molecule has 2 heterocycles. The number of anilines is 5. The van der Waals surface area contributed by atoms with Gasteiger partial charge in [0.05, 0.1) is 40.4 Å². The van der Waals surface area contributed by atoms with Crippen LogP contribution in [0.1, 0.15) is 10.4 Å². The Morgan fingerprint density at radius 2 is 1.94 bits per heavy atom. The number of hydrogen-bond donors (Lipinski definition) is 4. The number of amides is 1. The predicted molar refractivity (Wildman–Crippen MR) is 151 cm³/mol. The van der Waals surface area contributed by atoms with E-state index in [-0.39, 0.29) is 5.91 Å². The third-order valence-corrected chi connectivity index (χ3v) is 6.46. The minimum absolute atomic E-state index is 0.307. The Hall–Kier alpha value is -3.89. The minimum atomic E-state index is -0.307. The monoisotopic (exact) mass is 507 g/mol. The van der Waals surface area contributed by atoms with Gasteiger partial charge in [0.2, 0.25) is 5.91 Å². The van der Waals surface area contributed by atoms with E-state index in [1.807, 2.05) is 63.9 Å². The van der Waals surface area contributed by atoms with Crippen molar-refractivity contribution in [3.63, 3.8) is 0 Å². The number of hydrogen-bond acceptors (Lipinski definition) is 9. The summed E-state index contributed by atoms with van der Waals surface area (Å²) in [5.41, 5.74) is 4.11. The van der Waals surface area contributed by atoms with Crippen LogP contribution in [0.5, 0.6) is 5.75 Å². The van der Waals surface area contributed by atoms with Crippen LogP contribution >= 0.6 is 11.3 Å². The second-order valence-corrected chi connectivity index (χ2v) is 9.25. The molecule has 0 saturated carbocycles. The fraction of sp³-hybridized carbons (Fsp3) is 0.269. The van der Waals surface area contributed by atoms with Crippen LogP contribution in [0.15, 0.2) is 54.6 Å². The Labute approximate surface area is 216 Å². The van der Waals surface area contributed by atoms with Crippen molar-refractivity contribution in [2.24, 2.45) is 0 Å². The molecule has 2 aromatic heterocycles. The first kappa shape index (κ1) is 26.7. The summed E-state index contributed by atoms with van der Waals surface area (Å²) in [6.07, 6.45) is 2.90. The first-order valence-electron chi connectivity index (χ1n) is 11.4. The van der Waals surface area contributed by atoms with E-state index in [1.54, 1.807) is 13.3 Å². The molecule has 0 aliphatic heterocycles. The van der Waals surface area contributed by atoms with E-state index in [4.69, 9.17) is 10.1 Å². The molecule has 0 bridgehead atoms. The highest BCUT2D eigenvalue weighted by molar-refractivity contribution is 7.13. The van der Waals surface area contributed by atoms with Gasteiger partial charge >= 0.3 is 0 Å². The lowest BCUT2D eigenvalue weighted by Crippen LogP contribution is -2.29. The van der Waals surface area contributed by atoms with Gasteiger partial charge in [-0.05, 0) is 49.8 Å². The minimum Gasteiger partial charge on any atom is -0.494 e. The maximum Gasteiger partial charge on any atom is 0.247 e. The van der Waals surface area contributed by atoms with E-state index in [0.29, 0.717) is 28.7 Å². The zero-order valence-electron chi connectivity index (χ0n) is 21.3. The number of carbonyl (C=O) groups is 1. The summed E-state index contributed by atoms with van der Waals surface area (Å²) < 4.78 is 5.68. The molecule has 0 fully saturated rings. The van der Waals surface area contributed by atoms with Crippen molar-refractivity contribution in [1.29, 1.82) is 5.41 Å². The Morgan fingerprint density at radius 3 is 2.61 bits per heavy atom. The number of ether oxygens (including phenoxy) is 1. The highest BCUT2D eigenvalue weighted by Crippen LogP contribution is 2.38. The van der Waals surface area contributed by atoms with Crippen LogP contribution in [-0.4, -0.2) is 69.9 Å². The molecule has 1 aromatic carbocycles. The molecule has 0 aliphatic carbocycles. The van der Waals surface area contributed by atoms with Gasteiger partial charge < -0.3 is 30.5 Å². The van der Waals surface area contributed by atoms with Crippen LogP contribution in [0.25, 0.3) is 0 Å². The van der Waals surface area contributed by atoms with Gasteiger partial charge in [-0.25, -0.2) is 4.98 Å². The van der Waals surface area contributed by atoms with Crippen LogP contribution in [0, 0.1) is 5.41 Å². The number of methoxy groups -OCH3 is 1. The van der Waals surface area contributed by atoms with Crippen molar-refractivity contribution < 1.29 is 9.53 Å². The summed E-state index contributed by atoms with van der Waals surface area (Å²) in [5, 5.41) is 20.0. The maximum atomic E-state index is 12.2. The summed E-state index contributed by atoms with van der Waals surface area (Å²) in [5.74, 6) is 0.836. The summed E-state index contributed by atoms with van der Waals surface area (Å²) in [6.45, 7) is 5.16. The van der Waals surface area contributed by atoms with Crippen LogP contribution in [-0.2, 0) is 4.79 Å². The molecule has 3 rings (SSSR count). The highest BCUT2D eigenvalue weighted by atomic mass is 32.1. The van der Waals surface area contributed by atoms with Crippen molar-refractivity contribution in [2.45, 2.75) is 0 Å². The first-order valence-corrected chi connectivity index (χ1v) is 12.2. The van der Waals surface area contributed by atoms with Crippen molar-refractivity contribution in [3.8, 4) is 5.75 Å². The van der Waals surface area contributed by atoms with Crippen LogP contribution in [0.2, 0.25) is 0 Å². The molecule has 4 N–H and O–H groups in total. The van der Waals surface area contributed by atoms with E-state index >= 15 is 0 Å². The number of thiophene rings is 1. The lowest BCUT2D eigenvalue weighted by atomic mass is 10.1. The molecular weight excluding hydrogens is 474 g/mol. The van der Waals surface area contributed by atoms with Crippen molar-refractivity contribution in [3.05, 3.63) is 65.0 Å². The van der Waals surface area contributed by atoms with Crippen molar-refractivity contribution >= 4 is 51.5 Å². The topological polar surface area (TPSA) is 106 Å². The number of nitrogens with one attached hydrogen (secondary N) is 4. The molecular formula is C26H33N7O2S. The van der Waals surface area contributed by atoms with E-state index in [1.165, 1.54) is 17.4 Å². The molecule has 36 heavy (non-hydrogen) atoms. The van der Waals surface area contributed by atoms with Gasteiger partial charge in [-0.3, -0.25) is 10.2 Å². The quantitative estimate of drug-likeness (QED) is 0.212. The fourth-order valence-corrected chi connectivity index (χ4v) is 4.40. The molecule has 190 valence electrons. The highest BCUT2D eigenvalue weighted by Gasteiger charge is 2.17. The maximum absolute atomic E-state index is 12.2. The van der Waals surface area contributed by atoms with E-state index in [0.717, 1.165) is 34.9 Å². The Morgan fingerprint density at radius 1 is 1.17 bits per heavy atom. The standard InChI is InChI=1S/C26H33N7O2S/c1-7-24(34)31-19-15-20(22(35-6)16-21(19)33(5)12-11-32(3)4)30-23-14-17(8-10-29-23)25(27)26-18(28-2)9-13-36-26/h7-10,13-16,27-28H,1,11-12H2,2-6H3,(H,29,30)(H,31,34). The van der Waals surface area contributed by atoms with Crippen LogP contribution < -0.4 is 25.6 Å². The summed E-state index contributed by atoms with van der Waals surface area (Å²) >= 11 is 1.51. The molecule has 0 atom stereocenters. The van der Waals surface area contributed by atoms with Gasteiger partial charge in [0.15, 0.2) is 0 Å². The fourth-order valence-electron chi connectivity index (χ4n) is 3.53. The summed E-state index contributed by atoms with van der Waals surface area (Å²) in [7, 11) is 9.44. The smallest absolute Gasteiger partial charge is 0.247 e. The zero-order valence-corrected chi connectivity index (χ0v) is 22.1. The molecule has 10 heteroatoms. The number of carbonyl (C=O) groups excluding carboxylic acids is 1. The molecule has 0 unspecified atom stereocenters. The van der Waals surface area contributed by atoms with Gasteiger partial charge in [-0.1, -0.05) is 6.58 Å². The molecule has 3 aromatic rings. The molecule has 0 spiro atoms. The average molecular weight is 508 g/mol.